The van der Waals surface area contributed by atoms with Crippen molar-refractivity contribution in [3.63, 3.8) is 0 Å². The SMILES string of the molecule is C#CCn1cnc2ccc(C(F)(F)F)cc21. The summed E-state index contributed by atoms with van der Waals surface area (Å²) in [5, 5.41) is 0. The molecule has 1 aromatic heterocycles. The van der Waals surface area contributed by atoms with Crippen molar-refractivity contribution in [2.75, 3.05) is 0 Å². The monoisotopic (exact) mass is 224 g/mol. The topological polar surface area (TPSA) is 17.8 Å². The molecule has 82 valence electrons. The molecular formula is C11H7F3N2. The van der Waals surface area contributed by atoms with Crippen LogP contribution in [0.4, 0.5) is 13.2 Å². The number of aromatic nitrogens is 2. The van der Waals surface area contributed by atoms with E-state index in [1.807, 2.05) is 0 Å². The maximum Gasteiger partial charge on any atom is 0.416 e. The molecule has 0 atom stereocenters. The van der Waals surface area contributed by atoms with E-state index >= 15 is 0 Å². The molecule has 0 aliphatic carbocycles. The summed E-state index contributed by atoms with van der Waals surface area (Å²) in [7, 11) is 0. The van der Waals surface area contributed by atoms with Gasteiger partial charge in [0.25, 0.3) is 0 Å². The highest BCUT2D eigenvalue weighted by Crippen LogP contribution is 2.31. The van der Waals surface area contributed by atoms with E-state index in [4.69, 9.17) is 6.42 Å². The first-order valence-electron chi connectivity index (χ1n) is 4.48. The van der Waals surface area contributed by atoms with Crippen LogP contribution in [0, 0.1) is 12.3 Å². The zero-order chi connectivity index (χ0) is 11.8. The third kappa shape index (κ3) is 1.74. The summed E-state index contributed by atoms with van der Waals surface area (Å²) in [5.41, 5.74) is 0.204. The van der Waals surface area contributed by atoms with Crippen molar-refractivity contribution < 1.29 is 13.2 Å². The zero-order valence-electron chi connectivity index (χ0n) is 8.12. The Hall–Kier alpha value is -1.96. The fourth-order valence-corrected chi connectivity index (χ4v) is 1.46. The van der Waals surface area contributed by atoms with Crippen LogP contribution < -0.4 is 0 Å². The average Bonchev–Trinajstić information content (AvgIpc) is 2.60. The van der Waals surface area contributed by atoms with Crippen molar-refractivity contribution in [3.8, 4) is 12.3 Å². The smallest absolute Gasteiger partial charge is 0.319 e. The number of hydrogen-bond donors (Lipinski definition) is 0. The molecule has 0 spiro atoms. The highest BCUT2D eigenvalue weighted by Gasteiger charge is 2.30. The Morgan fingerprint density at radius 2 is 2.12 bits per heavy atom. The lowest BCUT2D eigenvalue weighted by molar-refractivity contribution is -0.137. The number of rotatable bonds is 1. The molecule has 0 saturated carbocycles. The second-order valence-corrected chi connectivity index (χ2v) is 3.28. The number of benzene rings is 1. The summed E-state index contributed by atoms with van der Waals surface area (Å²) in [6.07, 6.45) is 2.20. The third-order valence-corrected chi connectivity index (χ3v) is 2.21. The Bertz CT molecular complexity index is 561. The average molecular weight is 224 g/mol. The Morgan fingerprint density at radius 1 is 1.38 bits per heavy atom. The summed E-state index contributed by atoms with van der Waals surface area (Å²) in [6.45, 7) is 0.206. The Morgan fingerprint density at radius 3 is 2.75 bits per heavy atom. The number of alkyl halides is 3. The molecule has 16 heavy (non-hydrogen) atoms. The van der Waals surface area contributed by atoms with Gasteiger partial charge in [0.2, 0.25) is 0 Å². The minimum atomic E-state index is -4.35. The minimum Gasteiger partial charge on any atom is -0.319 e. The van der Waals surface area contributed by atoms with E-state index in [1.54, 1.807) is 0 Å². The van der Waals surface area contributed by atoms with E-state index in [1.165, 1.54) is 17.0 Å². The standard InChI is InChI=1S/C11H7F3N2/c1-2-5-16-7-15-9-4-3-8(6-10(9)16)11(12,13)14/h1,3-4,6-7H,5H2. The molecule has 0 fully saturated rings. The summed E-state index contributed by atoms with van der Waals surface area (Å²) >= 11 is 0. The van der Waals surface area contributed by atoms with Crippen LogP contribution >= 0.6 is 0 Å². The molecule has 2 rings (SSSR count). The molecule has 0 aliphatic heterocycles. The number of halogens is 3. The van der Waals surface area contributed by atoms with Crippen molar-refractivity contribution in [1.29, 1.82) is 0 Å². The van der Waals surface area contributed by atoms with Crippen LogP contribution in [-0.4, -0.2) is 9.55 Å². The highest BCUT2D eigenvalue weighted by atomic mass is 19.4. The molecule has 0 unspecified atom stereocenters. The fraction of sp³-hybridized carbons (Fsp3) is 0.182. The van der Waals surface area contributed by atoms with E-state index in [0.29, 0.717) is 11.0 Å². The fourth-order valence-electron chi connectivity index (χ4n) is 1.46. The maximum absolute atomic E-state index is 12.5. The molecule has 0 bridgehead atoms. The maximum atomic E-state index is 12.5. The van der Waals surface area contributed by atoms with E-state index in [0.717, 1.165) is 12.1 Å². The first-order chi connectivity index (χ1) is 7.52. The number of imidazole rings is 1. The van der Waals surface area contributed by atoms with Crippen LogP contribution in [0.15, 0.2) is 24.5 Å². The molecule has 1 aromatic carbocycles. The molecule has 5 heteroatoms. The number of nitrogens with zero attached hydrogens (tertiary/aromatic N) is 2. The van der Waals surface area contributed by atoms with Crippen molar-refractivity contribution in [2.24, 2.45) is 0 Å². The van der Waals surface area contributed by atoms with Crippen molar-refractivity contribution in [2.45, 2.75) is 12.7 Å². The molecule has 0 N–H and O–H groups in total. The summed E-state index contributed by atoms with van der Waals surface area (Å²) in [4.78, 5) is 3.96. The number of hydrogen-bond acceptors (Lipinski definition) is 1. The van der Waals surface area contributed by atoms with Gasteiger partial charge in [0.05, 0.1) is 29.5 Å². The van der Waals surface area contributed by atoms with Crippen LogP contribution in [0.1, 0.15) is 5.56 Å². The van der Waals surface area contributed by atoms with Crippen LogP contribution in [0.2, 0.25) is 0 Å². The first-order valence-corrected chi connectivity index (χ1v) is 4.48. The predicted octanol–water partition coefficient (Wildman–Crippen LogP) is 2.69. The van der Waals surface area contributed by atoms with Crippen LogP contribution in [0.3, 0.4) is 0 Å². The lowest BCUT2D eigenvalue weighted by atomic mass is 10.2. The Labute approximate surface area is 89.7 Å². The van der Waals surface area contributed by atoms with E-state index in [9.17, 15) is 13.2 Å². The van der Waals surface area contributed by atoms with Crippen molar-refractivity contribution in [3.05, 3.63) is 30.1 Å². The van der Waals surface area contributed by atoms with Gasteiger partial charge in [0.15, 0.2) is 0 Å². The minimum absolute atomic E-state index is 0.206. The lowest BCUT2D eigenvalue weighted by Crippen LogP contribution is -2.05. The zero-order valence-corrected chi connectivity index (χ0v) is 8.12. The largest absolute Gasteiger partial charge is 0.416 e. The predicted molar refractivity (Wildman–Crippen MR) is 53.6 cm³/mol. The van der Waals surface area contributed by atoms with E-state index in [2.05, 4.69) is 10.9 Å². The quantitative estimate of drug-likeness (QED) is 0.681. The lowest BCUT2D eigenvalue weighted by Gasteiger charge is -2.06. The summed E-state index contributed by atoms with van der Waals surface area (Å²) < 4.78 is 38.9. The number of fused-ring (bicyclic) bond motifs is 1. The van der Waals surface area contributed by atoms with Crippen LogP contribution in [-0.2, 0) is 12.7 Å². The van der Waals surface area contributed by atoms with Gasteiger partial charge >= 0.3 is 6.18 Å². The van der Waals surface area contributed by atoms with Gasteiger partial charge in [0, 0.05) is 0 Å². The van der Waals surface area contributed by atoms with E-state index in [-0.39, 0.29) is 6.54 Å². The van der Waals surface area contributed by atoms with Gasteiger partial charge in [-0.1, -0.05) is 5.92 Å². The number of terminal acetylenes is 1. The summed E-state index contributed by atoms with van der Waals surface area (Å²) in [5.74, 6) is 2.36. The summed E-state index contributed by atoms with van der Waals surface area (Å²) in [6, 6.07) is 3.40. The van der Waals surface area contributed by atoms with Crippen molar-refractivity contribution in [1.82, 2.24) is 9.55 Å². The molecule has 2 nitrogen and oxygen atoms in total. The van der Waals surface area contributed by atoms with Gasteiger partial charge in [-0.25, -0.2) is 4.98 Å². The molecule has 1 heterocycles. The molecule has 0 saturated heterocycles. The third-order valence-electron chi connectivity index (χ3n) is 2.21. The molecular weight excluding hydrogens is 217 g/mol. The van der Waals surface area contributed by atoms with Crippen LogP contribution in [0.5, 0.6) is 0 Å². The molecule has 2 aromatic rings. The first kappa shape index (κ1) is 10.6. The second-order valence-electron chi connectivity index (χ2n) is 3.28. The van der Waals surface area contributed by atoms with Gasteiger partial charge in [-0.2, -0.15) is 13.2 Å². The van der Waals surface area contributed by atoms with Crippen molar-refractivity contribution >= 4 is 11.0 Å². The molecule has 0 aliphatic rings. The van der Waals surface area contributed by atoms with Crippen LogP contribution in [0.25, 0.3) is 11.0 Å². The Kier molecular flexibility index (Phi) is 2.35. The van der Waals surface area contributed by atoms with Gasteiger partial charge in [-0.05, 0) is 18.2 Å². The van der Waals surface area contributed by atoms with E-state index < -0.39 is 11.7 Å². The normalized spacial score (nSPS) is 11.6. The molecule has 0 amide bonds. The highest BCUT2D eigenvalue weighted by molar-refractivity contribution is 5.76. The molecule has 0 radical (unpaired) electrons. The van der Waals surface area contributed by atoms with Gasteiger partial charge in [0.1, 0.15) is 0 Å². The Balaban J connectivity index is 2.60. The second kappa shape index (κ2) is 3.56. The van der Waals surface area contributed by atoms with Gasteiger partial charge in [-0.15, -0.1) is 6.42 Å². The van der Waals surface area contributed by atoms with Gasteiger partial charge < -0.3 is 4.57 Å². The van der Waals surface area contributed by atoms with Gasteiger partial charge in [-0.3, -0.25) is 0 Å².